The summed E-state index contributed by atoms with van der Waals surface area (Å²) in [4.78, 5) is 2.46. The van der Waals surface area contributed by atoms with Crippen LogP contribution >= 0.6 is 0 Å². The van der Waals surface area contributed by atoms with Gasteiger partial charge in [-0.05, 0) is 31.9 Å². The Balaban J connectivity index is 2.51. The predicted molar refractivity (Wildman–Crippen MR) is 67.1 cm³/mol. The fourth-order valence-electron chi connectivity index (χ4n) is 1.84. The van der Waals surface area contributed by atoms with Gasteiger partial charge in [0.1, 0.15) is 0 Å². The number of hydrogen-bond acceptors (Lipinski definition) is 2. The van der Waals surface area contributed by atoms with E-state index in [1.807, 2.05) is 0 Å². The Hall–Kier alpha value is -0.340. The first-order chi connectivity index (χ1) is 6.82. The fraction of sp³-hybridized carbons (Fsp3) is 0.846. The third kappa shape index (κ3) is 3.32. The number of rotatable bonds is 3. The van der Waals surface area contributed by atoms with Crippen LogP contribution in [0.5, 0.6) is 0 Å². The van der Waals surface area contributed by atoms with E-state index in [9.17, 15) is 0 Å². The molecule has 1 rings (SSSR count). The molecule has 1 heterocycles. The van der Waals surface area contributed by atoms with E-state index in [4.69, 9.17) is 0 Å². The smallest absolute Gasteiger partial charge is 0.0193 e. The van der Waals surface area contributed by atoms with E-state index in [-0.39, 0.29) is 0 Å². The Morgan fingerprint density at radius 2 is 1.93 bits per heavy atom. The number of hydrogen-bond donors (Lipinski definition) is 1. The molecule has 0 saturated carbocycles. The Morgan fingerprint density at radius 3 is 2.27 bits per heavy atom. The van der Waals surface area contributed by atoms with Gasteiger partial charge in [-0.25, -0.2) is 0 Å². The molecule has 0 radical (unpaired) electrons. The highest BCUT2D eigenvalue weighted by Gasteiger charge is 2.24. The van der Waals surface area contributed by atoms with E-state index in [1.54, 1.807) is 11.1 Å². The normalized spacial score (nSPS) is 19.0. The third-order valence-electron chi connectivity index (χ3n) is 3.68. The van der Waals surface area contributed by atoms with Crippen LogP contribution in [-0.2, 0) is 0 Å². The van der Waals surface area contributed by atoms with Crippen LogP contribution in [0.4, 0.5) is 0 Å². The van der Waals surface area contributed by atoms with Crippen LogP contribution < -0.4 is 5.32 Å². The van der Waals surface area contributed by atoms with Crippen LogP contribution in [0.25, 0.3) is 0 Å². The first-order valence-electron chi connectivity index (χ1n) is 5.91. The fourth-order valence-corrected chi connectivity index (χ4v) is 1.84. The molecule has 2 heteroatoms. The highest BCUT2D eigenvalue weighted by molar-refractivity contribution is 5.22. The standard InChI is InChI=1S/C13H26N2/c1-10(12-7-14-8-12)9-15(6)11(2)13(3,4)5/h11,14H,7-9H2,1-6H3. The van der Waals surface area contributed by atoms with E-state index in [1.165, 1.54) is 0 Å². The molecule has 1 atom stereocenters. The maximum absolute atomic E-state index is 3.30. The SMILES string of the molecule is CC(CN(C)C(C)C(C)(C)C)=C1CNC1. The first kappa shape index (κ1) is 12.7. The molecule has 0 aromatic carbocycles. The van der Waals surface area contributed by atoms with E-state index in [2.05, 4.69) is 51.9 Å². The predicted octanol–water partition coefficient (Wildman–Crippen LogP) is 2.27. The van der Waals surface area contributed by atoms with Crippen molar-refractivity contribution >= 4 is 0 Å². The molecular weight excluding hydrogens is 184 g/mol. The molecule has 0 aliphatic carbocycles. The summed E-state index contributed by atoms with van der Waals surface area (Å²) >= 11 is 0. The minimum Gasteiger partial charge on any atom is -0.309 e. The van der Waals surface area contributed by atoms with Gasteiger partial charge in [0.15, 0.2) is 0 Å². The second-order valence-corrected chi connectivity index (χ2v) is 5.94. The minimum absolute atomic E-state index is 0.359. The highest BCUT2D eigenvalue weighted by Crippen LogP contribution is 2.24. The van der Waals surface area contributed by atoms with Crippen molar-refractivity contribution in [1.82, 2.24) is 10.2 Å². The quantitative estimate of drug-likeness (QED) is 0.719. The van der Waals surface area contributed by atoms with E-state index >= 15 is 0 Å². The molecule has 88 valence electrons. The van der Waals surface area contributed by atoms with Gasteiger partial charge in [0.25, 0.3) is 0 Å². The molecule has 1 unspecified atom stereocenters. The van der Waals surface area contributed by atoms with Crippen molar-refractivity contribution in [3.8, 4) is 0 Å². The summed E-state index contributed by atoms with van der Waals surface area (Å²) in [5.74, 6) is 0. The van der Waals surface area contributed by atoms with Gasteiger partial charge in [-0.1, -0.05) is 26.3 Å². The second kappa shape index (κ2) is 4.67. The molecule has 1 fully saturated rings. The highest BCUT2D eigenvalue weighted by atomic mass is 15.1. The van der Waals surface area contributed by atoms with Crippen LogP contribution in [0.3, 0.4) is 0 Å². The zero-order chi connectivity index (χ0) is 11.6. The van der Waals surface area contributed by atoms with Crippen molar-refractivity contribution < 1.29 is 0 Å². The van der Waals surface area contributed by atoms with Crippen molar-refractivity contribution in [1.29, 1.82) is 0 Å². The molecule has 1 aliphatic heterocycles. The Bertz CT molecular complexity index is 242. The number of nitrogens with one attached hydrogen (secondary N) is 1. The minimum atomic E-state index is 0.359. The molecule has 0 spiro atoms. The second-order valence-electron chi connectivity index (χ2n) is 5.94. The summed E-state index contributed by atoms with van der Waals surface area (Å²) < 4.78 is 0. The van der Waals surface area contributed by atoms with Crippen LogP contribution in [0.2, 0.25) is 0 Å². The van der Waals surface area contributed by atoms with Gasteiger partial charge in [-0.2, -0.15) is 0 Å². The largest absolute Gasteiger partial charge is 0.309 e. The lowest BCUT2D eigenvalue weighted by Crippen LogP contribution is -2.42. The lowest BCUT2D eigenvalue weighted by atomic mass is 9.87. The molecule has 0 aromatic rings. The van der Waals surface area contributed by atoms with Crippen LogP contribution in [-0.4, -0.2) is 37.6 Å². The van der Waals surface area contributed by atoms with Crippen LogP contribution in [0.1, 0.15) is 34.6 Å². The van der Waals surface area contributed by atoms with Gasteiger partial charge in [-0.15, -0.1) is 0 Å². The lowest BCUT2D eigenvalue weighted by molar-refractivity contribution is 0.151. The van der Waals surface area contributed by atoms with Crippen LogP contribution in [0, 0.1) is 5.41 Å². The summed E-state index contributed by atoms with van der Waals surface area (Å²) in [5, 5.41) is 3.30. The zero-order valence-electron chi connectivity index (χ0n) is 11.1. The van der Waals surface area contributed by atoms with Crippen molar-refractivity contribution in [2.75, 3.05) is 26.7 Å². The maximum Gasteiger partial charge on any atom is 0.0193 e. The van der Waals surface area contributed by atoms with Gasteiger partial charge in [-0.3, -0.25) is 4.90 Å². The maximum atomic E-state index is 3.30. The molecule has 1 saturated heterocycles. The van der Waals surface area contributed by atoms with Gasteiger partial charge >= 0.3 is 0 Å². The van der Waals surface area contributed by atoms with Gasteiger partial charge < -0.3 is 5.32 Å². The third-order valence-corrected chi connectivity index (χ3v) is 3.68. The summed E-state index contributed by atoms with van der Waals surface area (Å²) in [5.41, 5.74) is 3.51. The Morgan fingerprint density at radius 1 is 1.40 bits per heavy atom. The first-order valence-corrected chi connectivity index (χ1v) is 5.91. The van der Waals surface area contributed by atoms with Gasteiger partial charge in [0.05, 0.1) is 0 Å². The summed E-state index contributed by atoms with van der Waals surface area (Å²) in [6.07, 6.45) is 0. The van der Waals surface area contributed by atoms with Crippen molar-refractivity contribution in [2.24, 2.45) is 5.41 Å². The molecule has 0 aromatic heterocycles. The van der Waals surface area contributed by atoms with E-state index in [0.29, 0.717) is 11.5 Å². The summed E-state index contributed by atoms with van der Waals surface area (Å²) in [6.45, 7) is 14.8. The van der Waals surface area contributed by atoms with Gasteiger partial charge in [0.2, 0.25) is 0 Å². The molecule has 0 amide bonds. The number of likely N-dealkylation sites (N-methyl/N-ethyl adjacent to an activating group) is 1. The lowest BCUT2D eigenvalue weighted by Gasteiger charge is -2.36. The molecular formula is C13H26N2. The summed E-state index contributed by atoms with van der Waals surface area (Å²) in [6, 6.07) is 0.612. The molecule has 1 aliphatic rings. The molecule has 15 heavy (non-hydrogen) atoms. The average molecular weight is 210 g/mol. The molecule has 1 N–H and O–H groups in total. The average Bonchev–Trinajstić information content (AvgIpc) is 1.97. The van der Waals surface area contributed by atoms with Crippen molar-refractivity contribution in [3.63, 3.8) is 0 Å². The molecule has 2 nitrogen and oxygen atoms in total. The van der Waals surface area contributed by atoms with Gasteiger partial charge in [0, 0.05) is 25.7 Å². The number of nitrogens with zero attached hydrogens (tertiary/aromatic N) is 1. The van der Waals surface area contributed by atoms with Crippen molar-refractivity contribution in [3.05, 3.63) is 11.1 Å². The monoisotopic (exact) mass is 210 g/mol. The van der Waals surface area contributed by atoms with E-state index < -0.39 is 0 Å². The topological polar surface area (TPSA) is 15.3 Å². The molecule has 0 bridgehead atoms. The Kier molecular flexibility index (Phi) is 3.96. The Labute approximate surface area is 94.7 Å². The zero-order valence-corrected chi connectivity index (χ0v) is 11.1. The van der Waals surface area contributed by atoms with E-state index in [0.717, 1.165) is 19.6 Å². The van der Waals surface area contributed by atoms with Crippen LogP contribution in [0.15, 0.2) is 11.1 Å². The summed E-state index contributed by atoms with van der Waals surface area (Å²) in [7, 11) is 2.23. The van der Waals surface area contributed by atoms with Crippen molar-refractivity contribution in [2.45, 2.75) is 40.7 Å².